The summed E-state index contributed by atoms with van der Waals surface area (Å²) < 4.78 is 99.0. The van der Waals surface area contributed by atoms with Crippen LogP contribution in [0.25, 0.3) is 10.8 Å². The Bertz CT molecular complexity index is 2110. The SMILES string of the molecule is CCOc1cc2ccnc(O[C@@H]3C[C@H]4C(=O)N[C@]5(C(=O)NS(=O)(=O)C6CC6)C[C@H]5C=CCC[C@@H](C)C[C@@H](CC)[C@H](N(C(=O)O)C(C)(C)C(F)(F)F)C(=O)N4C3)c2cc1F. The molecule has 3 heterocycles. The molecule has 1 aromatic carbocycles. The minimum Gasteiger partial charge on any atom is -0.491 e. The second kappa shape index (κ2) is 16.4. The van der Waals surface area contributed by atoms with Crippen LogP contribution in [0.5, 0.6) is 11.6 Å². The van der Waals surface area contributed by atoms with Crippen LogP contribution in [-0.2, 0) is 24.4 Å². The van der Waals surface area contributed by atoms with Gasteiger partial charge in [-0.05, 0) is 94.7 Å². The van der Waals surface area contributed by atoms with Crippen LogP contribution in [0, 0.1) is 23.6 Å². The van der Waals surface area contributed by atoms with E-state index >= 15 is 9.18 Å². The van der Waals surface area contributed by atoms with Crippen molar-refractivity contribution in [3.05, 3.63) is 42.4 Å². The quantitative estimate of drug-likeness (QED) is 0.198. The number of hydrogen-bond acceptors (Lipinski definition) is 9. The van der Waals surface area contributed by atoms with Gasteiger partial charge in [0.1, 0.15) is 29.3 Å². The van der Waals surface area contributed by atoms with Gasteiger partial charge in [0, 0.05) is 23.9 Å². The highest BCUT2D eigenvalue weighted by Crippen LogP contribution is 2.47. The summed E-state index contributed by atoms with van der Waals surface area (Å²) in [7, 11) is -4.05. The number of pyridine rings is 1. The summed E-state index contributed by atoms with van der Waals surface area (Å²) in [6.45, 7) is 6.31. The van der Waals surface area contributed by atoms with Crippen LogP contribution < -0.4 is 19.5 Å². The first-order chi connectivity index (χ1) is 27.6. The van der Waals surface area contributed by atoms with Gasteiger partial charge in [0.05, 0.1) is 18.4 Å². The smallest absolute Gasteiger partial charge is 0.411 e. The Morgan fingerprint density at radius 2 is 1.85 bits per heavy atom. The Balaban J connectivity index is 1.44. The topological polar surface area (TPSA) is 185 Å². The summed E-state index contributed by atoms with van der Waals surface area (Å²) in [6, 6.07) is 0.730. The number of hydrogen-bond donors (Lipinski definition) is 3. The minimum atomic E-state index is -5.12. The Hall–Kier alpha value is -4.68. The van der Waals surface area contributed by atoms with Crippen molar-refractivity contribution in [1.82, 2.24) is 24.8 Å². The molecule has 19 heteroatoms. The average molecular weight is 854 g/mol. The van der Waals surface area contributed by atoms with Gasteiger partial charge in [-0.3, -0.25) is 24.0 Å². The molecule has 4 amide bonds. The highest BCUT2D eigenvalue weighted by atomic mass is 32.2. The van der Waals surface area contributed by atoms with E-state index in [0.29, 0.717) is 44.9 Å². The van der Waals surface area contributed by atoms with E-state index in [9.17, 15) is 41.1 Å². The number of halogens is 4. The Labute approximate surface area is 340 Å². The van der Waals surface area contributed by atoms with Crippen LogP contribution in [0.3, 0.4) is 0 Å². The number of nitrogens with one attached hydrogen (secondary N) is 2. The molecule has 4 aliphatic rings. The second-order valence-electron chi connectivity index (χ2n) is 16.7. The fourth-order valence-electron chi connectivity index (χ4n) is 8.34. The van der Waals surface area contributed by atoms with E-state index in [1.54, 1.807) is 32.1 Å². The Kier molecular flexibility index (Phi) is 12.2. The van der Waals surface area contributed by atoms with Crippen molar-refractivity contribution in [3.8, 4) is 11.6 Å². The third kappa shape index (κ3) is 8.80. The number of nitrogens with zero attached hydrogens (tertiary/aromatic N) is 3. The number of amides is 4. The maximum absolute atomic E-state index is 15.1. The first kappa shape index (κ1) is 43.9. The number of ether oxygens (including phenoxy) is 2. The number of benzene rings is 1. The fraction of sp³-hybridized carbons (Fsp3) is 0.625. The van der Waals surface area contributed by atoms with Gasteiger partial charge >= 0.3 is 12.3 Å². The van der Waals surface area contributed by atoms with E-state index in [1.165, 1.54) is 12.3 Å². The first-order valence-corrected chi connectivity index (χ1v) is 21.5. The van der Waals surface area contributed by atoms with Crippen molar-refractivity contribution in [1.29, 1.82) is 0 Å². The molecule has 0 spiro atoms. The molecule has 3 fully saturated rings. The molecule has 14 nitrogen and oxygen atoms in total. The zero-order valence-corrected chi connectivity index (χ0v) is 34.4. The first-order valence-electron chi connectivity index (χ1n) is 20.0. The number of aromatic nitrogens is 1. The molecule has 0 radical (unpaired) electrons. The molecule has 1 saturated heterocycles. The average Bonchev–Trinajstić information content (AvgIpc) is 4.08. The number of carbonyl (C=O) groups excluding carboxylic acids is 3. The predicted octanol–water partition coefficient (Wildman–Crippen LogP) is 5.70. The molecule has 0 unspecified atom stereocenters. The van der Waals surface area contributed by atoms with Gasteiger partial charge in [0.25, 0.3) is 5.91 Å². The molecule has 2 saturated carbocycles. The number of carbonyl (C=O) groups is 4. The van der Waals surface area contributed by atoms with Crippen molar-refractivity contribution in [3.63, 3.8) is 0 Å². The van der Waals surface area contributed by atoms with E-state index in [2.05, 4.69) is 15.0 Å². The zero-order chi connectivity index (χ0) is 43.2. The molecular formula is C40H51F4N5O9S. The summed E-state index contributed by atoms with van der Waals surface area (Å²) in [6.07, 6.45) is -1.63. The van der Waals surface area contributed by atoms with Crippen LogP contribution in [-0.4, -0.2) is 106 Å². The molecule has 59 heavy (non-hydrogen) atoms. The van der Waals surface area contributed by atoms with E-state index in [1.807, 2.05) is 6.92 Å². The lowest BCUT2D eigenvalue weighted by atomic mass is 9.82. The van der Waals surface area contributed by atoms with Gasteiger partial charge in [-0.15, -0.1) is 0 Å². The maximum Gasteiger partial charge on any atom is 0.411 e. The maximum atomic E-state index is 15.1. The number of fused-ring (bicyclic) bond motifs is 3. The van der Waals surface area contributed by atoms with Crippen molar-refractivity contribution < 1.29 is 59.7 Å². The monoisotopic (exact) mass is 853 g/mol. The van der Waals surface area contributed by atoms with Crippen LogP contribution >= 0.6 is 0 Å². The second-order valence-corrected chi connectivity index (χ2v) is 18.6. The molecule has 3 N–H and O–H groups in total. The lowest BCUT2D eigenvalue weighted by Gasteiger charge is -2.46. The third-order valence-electron chi connectivity index (χ3n) is 12.1. The van der Waals surface area contributed by atoms with Crippen LogP contribution in [0.1, 0.15) is 86.0 Å². The van der Waals surface area contributed by atoms with Crippen LogP contribution in [0.4, 0.5) is 22.4 Å². The largest absolute Gasteiger partial charge is 0.491 e. The molecular weight excluding hydrogens is 803 g/mol. The zero-order valence-electron chi connectivity index (χ0n) is 33.6. The van der Waals surface area contributed by atoms with Crippen molar-refractivity contribution >= 4 is 44.6 Å². The van der Waals surface area contributed by atoms with Gasteiger partial charge in [-0.1, -0.05) is 32.4 Å². The molecule has 2 aliphatic carbocycles. The minimum absolute atomic E-state index is 0.0158. The standard InChI is InChI=1S/C40H51F4N5O9S/c1-6-23-16-22(3)10-8-9-11-25-20-39(25,36(52)47-59(55,56)27-12-13-27)46-33(50)30-18-26(58-34-28-19-29(41)31(57-7-2)17-24(28)14-15-45-34)21-48(30)35(51)32(23)49(37(53)54)38(4,5)40(42,43)44/h9,11,14-15,17,19,22-23,25-27,30,32H,6-8,10,12-13,16,18,20-21H2,1-5H3,(H,46,50)(H,47,52)(H,53,54)/t22-,23-,25-,26-,30+,32+,39-/m1/s1. The number of allylic oxidation sites excluding steroid dienone is 1. The molecule has 0 bridgehead atoms. The molecule has 7 atom stereocenters. The van der Waals surface area contributed by atoms with E-state index in [4.69, 9.17) is 9.47 Å². The van der Waals surface area contributed by atoms with Crippen LogP contribution in [0.2, 0.25) is 0 Å². The van der Waals surface area contributed by atoms with Crippen molar-refractivity contribution in [2.24, 2.45) is 17.8 Å². The van der Waals surface area contributed by atoms with E-state index < -0.39 is 98.7 Å². The molecule has 324 valence electrons. The van der Waals surface area contributed by atoms with Gasteiger partial charge in [0.2, 0.25) is 27.7 Å². The number of sulfonamides is 1. The highest BCUT2D eigenvalue weighted by Gasteiger charge is 2.63. The molecule has 2 aliphatic heterocycles. The lowest BCUT2D eigenvalue weighted by Crippen LogP contribution is -2.66. The highest BCUT2D eigenvalue weighted by molar-refractivity contribution is 7.91. The van der Waals surface area contributed by atoms with E-state index in [0.717, 1.165) is 11.0 Å². The van der Waals surface area contributed by atoms with Crippen molar-refractivity contribution in [2.45, 2.75) is 127 Å². The number of rotatable bonds is 10. The third-order valence-corrected chi connectivity index (χ3v) is 13.9. The normalized spacial score (nSPS) is 28.1. The Morgan fingerprint density at radius 3 is 2.47 bits per heavy atom. The van der Waals surface area contributed by atoms with Crippen LogP contribution in [0.15, 0.2) is 36.5 Å². The summed E-state index contributed by atoms with van der Waals surface area (Å²) in [4.78, 5) is 61.9. The molecule has 2 aromatic rings. The van der Waals surface area contributed by atoms with Gasteiger partial charge in [-0.2, -0.15) is 13.2 Å². The molecule has 6 rings (SSSR count). The predicted molar refractivity (Wildman–Crippen MR) is 206 cm³/mol. The molecule has 1 aromatic heterocycles. The summed E-state index contributed by atoms with van der Waals surface area (Å²) in [5, 5.41) is 13.2. The summed E-state index contributed by atoms with van der Waals surface area (Å²) in [5.74, 6) is -5.55. The van der Waals surface area contributed by atoms with Gasteiger partial charge < -0.3 is 24.8 Å². The van der Waals surface area contributed by atoms with Crippen molar-refractivity contribution in [2.75, 3.05) is 13.2 Å². The number of carboxylic acid groups (broad SMARTS) is 1. The Morgan fingerprint density at radius 1 is 1.14 bits per heavy atom. The summed E-state index contributed by atoms with van der Waals surface area (Å²) >= 11 is 0. The number of alkyl halides is 3. The van der Waals surface area contributed by atoms with E-state index in [-0.39, 0.29) is 60.1 Å². The fourth-order valence-corrected chi connectivity index (χ4v) is 9.70. The van der Waals surface area contributed by atoms with Gasteiger partial charge in [-0.25, -0.2) is 22.6 Å². The lowest BCUT2D eigenvalue weighted by molar-refractivity contribution is -0.222. The van der Waals surface area contributed by atoms with Gasteiger partial charge in [0.15, 0.2) is 11.6 Å². The summed E-state index contributed by atoms with van der Waals surface area (Å²) in [5.41, 5.74) is -4.80.